The monoisotopic (exact) mass is 326 g/mol. The molecule has 0 spiro atoms. The average molecular weight is 326 g/mol. The van der Waals surface area contributed by atoms with Gasteiger partial charge in [0.2, 0.25) is 11.8 Å². The molecule has 7 heteroatoms. The molecule has 1 aromatic carbocycles. The quantitative estimate of drug-likeness (QED) is 0.887. The van der Waals surface area contributed by atoms with E-state index in [0.717, 1.165) is 12.1 Å². The lowest BCUT2D eigenvalue weighted by Gasteiger charge is -2.35. The first-order valence-electron chi connectivity index (χ1n) is 7.35. The largest absolute Gasteiger partial charge is 0.382 e. The molecule has 1 heterocycles. The van der Waals surface area contributed by atoms with Gasteiger partial charge in [-0.3, -0.25) is 9.59 Å². The van der Waals surface area contributed by atoms with Gasteiger partial charge in [0.15, 0.2) is 0 Å². The number of carbonyl (C=O) groups is 2. The second-order valence-electron chi connectivity index (χ2n) is 5.85. The highest BCUT2D eigenvalue weighted by Gasteiger charge is 2.48. The second-order valence-corrected chi connectivity index (χ2v) is 5.85. The van der Waals surface area contributed by atoms with Crippen LogP contribution in [0.25, 0.3) is 0 Å². The van der Waals surface area contributed by atoms with Crippen LogP contribution in [0.5, 0.6) is 0 Å². The van der Waals surface area contributed by atoms with E-state index < -0.39 is 29.0 Å². The van der Waals surface area contributed by atoms with Crippen LogP contribution in [0, 0.1) is 18.6 Å². The van der Waals surface area contributed by atoms with Gasteiger partial charge in [-0.05, 0) is 37.5 Å². The lowest BCUT2D eigenvalue weighted by Crippen LogP contribution is -2.59. The second kappa shape index (κ2) is 6.62. The van der Waals surface area contributed by atoms with E-state index in [4.69, 9.17) is 10.5 Å². The molecule has 5 nitrogen and oxygen atoms in total. The number of halogens is 2. The number of nitrogens with zero attached hydrogens (tertiary/aromatic N) is 1. The SMILES string of the molecule is COCC1(C(N)=O)CCCN1C(=O)Cc1cc(F)c(C)cc1F. The van der Waals surface area contributed by atoms with E-state index in [1.165, 1.54) is 18.9 Å². The third-order valence-corrected chi connectivity index (χ3v) is 4.30. The third-order valence-electron chi connectivity index (χ3n) is 4.30. The molecule has 1 atom stereocenters. The van der Waals surface area contributed by atoms with Crippen LogP contribution >= 0.6 is 0 Å². The standard InChI is InChI=1S/C16H20F2N2O3/c1-10-6-13(18)11(7-12(10)17)8-14(21)20-5-3-4-16(20,9-23-2)15(19)22/h6-7H,3-5,8-9H2,1-2H3,(H2,19,22). The van der Waals surface area contributed by atoms with E-state index in [1.807, 2.05) is 0 Å². The highest BCUT2D eigenvalue weighted by molar-refractivity contribution is 5.92. The molecule has 0 saturated carbocycles. The minimum absolute atomic E-state index is 0.0151. The van der Waals surface area contributed by atoms with Crippen molar-refractivity contribution in [2.75, 3.05) is 20.3 Å². The number of aryl methyl sites for hydroxylation is 1. The average Bonchev–Trinajstić information content (AvgIpc) is 2.90. The number of amides is 2. The molecule has 126 valence electrons. The summed E-state index contributed by atoms with van der Waals surface area (Å²) in [5.41, 5.74) is 4.38. The van der Waals surface area contributed by atoms with Crippen LogP contribution in [-0.4, -0.2) is 42.5 Å². The van der Waals surface area contributed by atoms with E-state index in [1.54, 1.807) is 0 Å². The van der Waals surface area contributed by atoms with Gasteiger partial charge in [0.25, 0.3) is 0 Å². The molecule has 2 amide bonds. The maximum absolute atomic E-state index is 13.9. The Hall–Kier alpha value is -2.02. The highest BCUT2D eigenvalue weighted by atomic mass is 19.1. The van der Waals surface area contributed by atoms with Crippen LogP contribution in [0.1, 0.15) is 24.0 Å². The highest BCUT2D eigenvalue weighted by Crippen LogP contribution is 2.30. The van der Waals surface area contributed by atoms with Crippen molar-refractivity contribution < 1.29 is 23.1 Å². The predicted molar refractivity (Wildman–Crippen MR) is 79.5 cm³/mol. The predicted octanol–water partition coefficient (Wildman–Crippen LogP) is 1.31. The number of hydrogen-bond acceptors (Lipinski definition) is 3. The van der Waals surface area contributed by atoms with Crippen molar-refractivity contribution in [1.82, 2.24) is 4.90 Å². The first kappa shape index (κ1) is 17.3. The Kier molecular flexibility index (Phi) is 4.99. The number of primary amides is 1. The Labute approximate surface area is 133 Å². The fourth-order valence-electron chi connectivity index (χ4n) is 3.04. The van der Waals surface area contributed by atoms with E-state index >= 15 is 0 Å². The lowest BCUT2D eigenvalue weighted by atomic mass is 9.95. The maximum Gasteiger partial charge on any atom is 0.245 e. The van der Waals surface area contributed by atoms with Gasteiger partial charge in [-0.2, -0.15) is 0 Å². The number of hydrogen-bond donors (Lipinski definition) is 1. The van der Waals surface area contributed by atoms with E-state index in [2.05, 4.69) is 0 Å². The van der Waals surface area contributed by atoms with E-state index in [9.17, 15) is 18.4 Å². The van der Waals surface area contributed by atoms with Gasteiger partial charge in [0.1, 0.15) is 17.2 Å². The van der Waals surface area contributed by atoms with Gasteiger partial charge < -0.3 is 15.4 Å². The summed E-state index contributed by atoms with van der Waals surface area (Å²) < 4.78 is 32.6. The Morgan fingerprint density at radius 2 is 2.04 bits per heavy atom. The first-order chi connectivity index (χ1) is 10.8. The fraction of sp³-hybridized carbons (Fsp3) is 0.500. The van der Waals surface area contributed by atoms with Crippen molar-refractivity contribution in [2.45, 2.75) is 31.7 Å². The Morgan fingerprint density at radius 3 is 2.65 bits per heavy atom. The molecule has 0 radical (unpaired) electrons. The number of carbonyl (C=O) groups excluding carboxylic acids is 2. The van der Waals surface area contributed by atoms with Gasteiger partial charge >= 0.3 is 0 Å². The van der Waals surface area contributed by atoms with Crippen LogP contribution in [0.2, 0.25) is 0 Å². The minimum Gasteiger partial charge on any atom is -0.382 e. The van der Waals surface area contributed by atoms with Gasteiger partial charge in [-0.15, -0.1) is 0 Å². The first-order valence-corrected chi connectivity index (χ1v) is 7.35. The fourth-order valence-corrected chi connectivity index (χ4v) is 3.04. The molecule has 2 rings (SSSR count). The normalized spacial score (nSPS) is 20.8. The zero-order valence-electron chi connectivity index (χ0n) is 13.2. The smallest absolute Gasteiger partial charge is 0.245 e. The number of rotatable bonds is 5. The number of benzene rings is 1. The third kappa shape index (κ3) is 3.19. The van der Waals surface area contributed by atoms with Crippen molar-refractivity contribution in [3.63, 3.8) is 0 Å². The number of methoxy groups -OCH3 is 1. The minimum atomic E-state index is -1.22. The molecule has 1 aliphatic heterocycles. The molecule has 23 heavy (non-hydrogen) atoms. The van der Waals surface area contributed by atoms with Gasteiger partial charge in [-0.25, -0.2) is 8.78 Å². The van der Waals surface area contributed by atoms with E-state index in [0.29, 0.717) is 19.4 Å². The Morgan fingerprint density at radius 1 is 1.35 bits per heavy atom. The van der Waals surface area contributed by atoms with Crippen molar-refractivity contribution in [2.24, 2.45) is 5.73 Å². The summed E-state index contributed by atoms with van der Waals surface area (Å²) in [4.78, 5) is 25.7. The number of ether oxygens (including phenoxy) is 1. The summed E-state index contributed by atoms with van der Waals surface area (Å²) >= 11 is 0. The molecule has 1 aromatic rings. The van der Waals surface area contributed by atoms with Crippen LogP contribution < -0.4 is 5.73 Å². The molecule has 2 N–H and O–H groups in total. The molecule has 1 aliphatic rings. The van der Waals surface area contributed by atoms with Crippen LogP contribution in [0.4, 0.5) is 8.78 Å². The van der Waals surface area contributed by atoms with Crippen molar-refractivity contribution in [1.29, 1.82) is 0 Å². The Bertz CT molecular complexity index is 636. The Balaban J connectivity index is 2.26. The summed E-state index contributed by atoms with van der Waals surface area (Å²) in [5.74, 6) is -2.34. The maximum atomic E-state index is 13.9. The van der Waals surface area contributed by atoms with Gasteiger partial charge in [-0.1, -0.05) is 0 Å². The molecule has 1 saturated heterocycles. The summed E-state index contributed by atoms with van der Waals surface area (Å²) in [7, 11) is 1.42. The zero-order valence-corrected chi connectivity index (χ0v) is 13.2. The van der Waals surface area contributed by atoms with Crippen molar-refractivity contribution in [3.05, 3.63) is 34.9 Å². The summed E-state index contributed by atoms with van der Waals surface area (Å²) in [6.07, 6.45) is 0.664. The molecule has 0 bridgehead atoms. The van der Waals surface area contributed by atoms with Crippen LogP contribution in [-0.2, 0) is 20.7 Å². The number of nitrogens with two attached hydrogens (primary N) is 1. The molecule has 1 fully saturated rings. The molecular weight excluding hydrogens is 306 g/mol. The summed E-state index contributed by atoms with van der Waals surface area (Å²) in [5, 5.41) is 0. The van der Waals surface area contributed by atoms with Crippen LogP contribution in [0.15, 0.2) is 12.1 Å². The lowest BCUT2D eigenvalue weighted by molar-refractivity contribution is -0.146. The van der Waals surface area contributed by atoms with Gasteiger partial charge in [0, 0.05) is 19.2 Å². The van der Waals surface area contributed by atoms with Crippen molar-refractivity contribution >= 4 is 11.8 Å². The molecule has 0 aliphatic carbocycles. The molecular formula is C16H20F2N2O3. The topological polar surface area (TPSA) is 72.6 Å². The summed E-state index contributed by atoms with van der Waals surface area (Å²) in [6.45, 7) is 1.76. The van der Waals surface area contributed by atoms with Crippen molar-refractivity contribution in [3.8, 4) is 0 Å². The molecule has 1 unspecified atom stereocenters. The zero-order chi connectivity index (χ0) is 17.2. The van der Waals surface area contributed by atoms with Gasteiger partial charge in [0.05, 0.1) is 13.0 Å². The molecule has 0 aromatic heterocycles. The van der Waals surface area contributed by atoms with E-state index in [-0.39, 0.29) is 24.2 Å². The number of likely N-dealkylation sites (tertiary alicyclic amines) is 1. The summed E-state index contributed by atoms with van der Waals surface area (Å²) in [6, 6.07) is 2.07. The van der Waals surface area contributed by atoms with Crippen LogP contribution in [0.3, 0.4) is 0 Å².